The quantitative estimate of drug-likeness (QED) is 0.702. The lowest BCUT2D eigenvalue weighted by atomic mass is 9.96. The molecular weight excluding hydrogens is 350 g/mol. The van der Waals surface area contributed by atoms with Crippen LogP contribution in [0, 0.1) is 13.8 Å². The molecule has 1 aromatic carbocycles. The topological polar surface area (TPSA) is 56.0 Å². The normalized spacial score (nSPS) is 17.1. The first-order valence-corrected chi connectivity index (χ1v) is 9.90. The van der Waals surface area contributed by atoms with E-state index in [4.69, 9.17) is 0 Å². The van der Waals surface area contributed by atoms with Crippen LogP contribution >= 0.6 is 0 Å². The van der Waals surface area contributed by atoms with Crippen molar-refractivity contribution in [1.29, 1.82) is 0 Å². The second-order valence-electron chi connectivity index (χ2n) is 7.65. The summed E-state index contributed by atoms with van der Waals surface area (Å²) in [7, 11) is 2.02. The van der Waals surface area contributed by atoms with E-state index in [-0.39, 0.29) is 5.91 Å². The van der Waals surface area contributed by atoms with Crippen LogP contribution in [0.15, 0.2) is 42.7 Å². The molecule has 1 fully saturated rings. The van der Waals surface area contributed by atoms with Gasteiger partial charge in [-0.3, -0.25) is 4.79 Å². The summed E-state index contributed by atoms with van der Waals surface area (Å²) in [5.41, 5.74) is 4.02. The van der Waals surface area contributed by atoms with Crippen LogP contribution in [-0.2, 0) is 18.3 Å². The molecule has 0 unspecified atom stereocenters. The molecule has 0 aliphatic carbocycles. The molecule has 1 amide bonds. The van der Waals surface area contributed by atoms with Crippen molar-refractivity contribution in [2.45, 2.75) is 39.0 Å². The first kappa shape index (κ1) is 18.5. The highest BCUT2D eigenvalue weighted by Gasteiger charge is 2.28. The maximum absolute atomic E-state index is 13.1. The Morgan fingerprint density at radius 2 is 2.00 bits per heavy atom. The number of hydrogen-bond donors (Lipinski definition) is 0. The number of para-hydroxylation sites is 1. The molecule has 0 radical (unpaired) electrons. The molecule has 3 heterocycles. The number of nitrogens with zero attached hydrogens (tertiary/aromatic N) is 5. The van der Waals surface area contributed by atoms with E-state index in [1.807, 2.05) is 73.2 Å². The summed E-state index contributed by atoms with van der Waals surface area (Å²) < 4.78 is 4.00. The SMILES string of the molecule is Cc1nn(-c2ccccc2)c(C)c1CC(=O)N1CCC[C@H](c2nccn2C)C1. The number of carbonyl (C=O) groups is 1. The lowest BCUT2D eigenvalue weighted by molar-refractivity contribution is -0.131. The number of benzene rings is 1. The van der Waals surface area contributed by atoms with Gasteiger partial charge in [0.05, 0.1) is 17.8 Å². The lowest BCUT2D eigenvalue weighted by Gasteiger charge is -2.32. The summed E-state index contributed by atoms with van der Waals surface area (Å²) in [5, 5.41) is 4.68. The van der Waals surface area contributed by atoms with Crippen molar-refractivity contribution >= 4 is 5.91 Å². The third-order valence-electron chi connectivity index (χ3n) is 5.77. The van der Waals surface area contributed by atoms with Gasteiger partial charge in [0.1, 0.15) is 5.82 Å². The molecule has 3 aromatic rings. The van der Waals surface area contributed by atoms with Crippen molar-refractivity contribution in [3.8, 4) is 5.69 Å². The van der Waals surface area contributed by atoms with Gasteiger partial charge in [0.25, 0.3) is 0 Å². The van der Waals surface area contributed by atoms with Gasteiger partial charge in [0, 0.05) is 49.7 Å². The van der Waals surface area contributed by atoms with Gasteiger partial charge < -0.3 is 9.47 Å². The van der Waals surface area contributed by atoms with Crippen LogP contribution in [0.1, 0.15) is 41.5 Å². The fourth-order valence-corrected chi connectivity index (χ4v) is 4.20. The molecule has 1 saturated heterocycles. The maximum Gasteiger partial charge on any atom is 0.227 e. The molecule has 1 aliphatic rings. The fraction of sp³-hybridized carbons (Fsp3) is 0.409. The predicted octanol–water partition coefficient (Wildman–Crippen LogP) is 3.17. The number of aromatic nitrogens is 4. The molecule has 0 saturated carbocycles. The number of carbonyl (C=O) groups excluding carboxylic acids is 1. The Bertz CT molecular complexity index is 972. The monoisotopic (exact) mass is 377 g/mol. The Balaban J connectivity index is 1.51. The summed E-state index contributed by atoms with van der Waals surface area (Å²) in [6, 6.07) is 10.1. The summed E-state index contributed by atoms with van der Waals surface area (Å²) in [6.45, 7) is 5.60. The fourth-order valence-electron chi connectivity index (χ4n) is 4.20. The third kappa shape index (κ3) is 3.46. The first-order chi connectivity index (χ1) is 13.5. The minimum absolute atomic E-state index is 0.178. The molecular formula is C22H27N5O. The summed E-state index contributed by atoms with van der Waals surface area (Å²) >= 11 is 0. The molecule has 0 bridgehead atoms. The molecule has 1 atom stereocenters. The van der Waals surface area contributed by atoms with Gasteiger partial charge >= 0.3 is 0 Å². The van der Waals surface area contributed by atoms with Gasteiger partial charge in [0.15, 0.2) is 0 Å². The van der Waals surface area contributed by atoms with E-state index in [0.717, 1.165) is 54.4 Å². The minimum Gasteiger partial charge on any atom is -0.342 e. The van der Waals surface area contributed by atoms with Gasteiger partial charge in [-0.1, -0.05) is 18.2 Å². The van der Waals surface area contributed by atoms with Crippen molar-refractivity contribution < 1.29 is 4.79 Å². The summed E-state index contributed by atoms with van der Waals surface area (Å²) in [5.74, 6) is 1.56. The smallest absolute Gasteiger partial charge is 0.227 e. The molecule has 1 aliphatic heterocycles. The van der Waals surface area contributed by atoms with E-state index in [9.17, 15) is 4.79 Å². The molecule has 0 N–H and O–H groups in total. The van der Waals surface area contributed by atoms with Gasteiger partial charge in [-0.25, -0.2) is 9.67 Å². The van der Waals surface area contributed by atoms with E-state index >= 15 is 0 Å². The number of aryl methyl sites for hydroxylation is 2. The number of hydrogen-bond acceptors (Lipinski definition) is 3. The minimum atomic E-state index is 0.178. The first-order valence-electron chi connectivity index (χ1n) is 9.90. The highest BCUT2D eigenvalue weighted by atomic mass is 16.2. The second-order valence-corrected chi connectivity index (χ2v) is 7.65. The predicted molar refractivity (Wildman–Crippen MR) is 109 cm³/mol. The Morgan fingerprint density at radius 3 is 2.71 bits per heavy atom. The number of imidazole rings is 1. The van der Waals surface area contributed by atoms with Crippen LogP contribution in [0.5, 0.6) is 0 Å². The van der Waals surface area contributed by atoms with E-state index in [0.29, 0.717) is 12.3 Å². The zero-order valence-corrected chi connectivity index (χ0v) is 16.8. The van der Waals surface area contributed by atoms with E-state index in [2.05, 4.69) is 14.6 Å². The lowest BCUT2D eigenvalue weighted by Crippen LogP contribution is -2.40. The molecule has 6 heteroatoms. The average molecular weight is 377 g/mol. The standard InChI is InChI=1S/C22H27N5O/c1-16-20(17(2)27(24-16)19-9-5-4-6-10-19)14-21(28)26-12-7-8-18(15-26)22-23-11-13-25(22)3/h4-6,9-11,13,18H,7-8,12,14-15H2,1-3H3/t18-/m0/s1. The Labute approximate surface area is 165 Å². The van der Waals surface area contributed by atoms with Gasteiger partial charge in [-0.2, -0.15) is 5.10 Å². The molecule has 2 aromatic heterocycles. The van der Waals surface area contributed by atoms with E-state index in [1.54, 1.807) is 0 Å². The van der Waals surface area contributed by atoms with Crippen LogP contribution in [-0.4, -0.2) is 43.2 Å². The number of likely N-dealkylation sites (tertiary alicyclic amines) is 1. The zero-order chi connectivity index (χ0) is 19.7. The summed E-state index contributed by atoms with van der Waals surface area (Å²) in [6.07, 6.45) is 6.31. The summed E-state index contributed by atoms with van der Waals surface area (Å²) in [4.78, 5) is 19.6. The average Bonchev–Trinajstić information content (AvgIpc) is 3.27. The van der Waals surface area contributed by atoms with Crippen molar-refractivity contribution in [2.24, 2.45) is 7.05 Å². The van der Waals surface area contributed by atoms with Crippen LogP contribution < -0.4 is 0 Å². The molecule has 146 valence electrons. The van der Waals surface area contributed by atoms with E-state index in [1.165, 1.54) is 0 Å². The Hall–Kier alpha value is -2.89. The molecule has 0 spiro atoms. The van der Waals surface area contributed by atoms with E-state index < -0.39 is 0 Å². The number of piperidine rings is 1. The highest BCUT2D eigenvalue weighted by molar-refractivity contribution is 5.79. The highest BCUT2D eigenvalue weighted by Crippen LogP contribution is 2.26. The molecule has 4 rings (SSSR count). The second kappa shape index (κ2) is 7.62. The van der Waals surface area contributed by atoms with Gasteiger partial charge in [0.2, 0.25) is 5.91 Å². The van der Waals surface area contributed by atoms with Gasteiger partial charge in [-0.05, 0) is 38.8 Å². The largest absolute Gasteiger partial charge is 0.342 e. The van der Waals surface area contributed by atoms with Crippen LogP contribution in [0.2, 0.25) is 0 Å². The Kier molecular flexibility index (Phi) is 5.03. The van der Waals surface area contributed by atoms with Crippen LogP contribution in [0.4, 0.5) is 0 Å². The van der Waals surface area contributed by atoms with Gasteiger partial charge in [-0.15, -0.1) is 0 Å². The zero-order valence-electron chi connectivity index (χ0n) is 16.8. The Morgan fingerprint density at radius 1 is 1.21 bits per heavy atom. The van der Waals surface area contributed by atoms with Crippen LogP contribution in [0.25, 0.3) is 5.69 Å². The van der Waals surface area contributed by atoms with Crippen molar-refractivity contribution in [3.63, 3.8) is 0 Å². The maximum atomic E-state index is 13.1. The molecule has 6 nitrogen and oxygen atoms in total. The van der Waals surface area contributed by atoms with Crippen molar-refractivity contribution in [1.82, 2.24) is 24.2 Å². The number of amides is 1. The van der Waals surface area contributed by atoms with Crippen molar-refractivity contribution in [3.05, 3.63) is 65.5 Å². The third-order valence-corrected chi connectivity index (χ3v) is 5.77. The van der Waals surface area contributed by atoms with Crippen molar-refractivity contribution in [2.75, 3.05) is 13.1 Å². The van der Waals surface area contributed by atoms with Crippen LogP contribution in [0.3, 0.4) is 0 Å². The number of rotatable bonds is 4. The molecule has 28 heavy (non-hydrogen) atoms.